The van der Waals surface area contributed by atoms with Gasteiger partial charge in [-0.1, -0.05) is 43.0 Å². The molecule has 0 fully saturated rings. The predicted molar refractivity (Wildman–Crippen MR) is 90.1 cm³/mol. The highest BCUT2D eigenvalue weighted by Crippen LogP contribution is 2.40. The summed E-state index contributed by atoms with van der Waals surface area (Å²) in [5.74, 6) is 0.258. The maximum atomic E-state index is 12.1. The van der Waals surface area contributed by atoms with Crippen LogP contribution < -0.4 is 5.32 Å². The Hall–Kier alpha value is -2.35. The summed E-state index contributed by atoms with van der Waals surface area (Å²) in [5.41, 5.74) is 7.43. The van der Waals surface area contributed by atoms with Gasteiger partial charge in [-0.25, -0.2) is 0 Å². The molecule has 1 atom stereocenters. The molecule has 4 rings (SSSR count). The Morgan fingerprint density at radius 2 is 1.95 bits per heavy atom. The maximum absolute atomic E-state index is 12.1. The molecule has 2 aliphatic rings. The van der Waals surface area contributed by atoms with Gasteiger partial charge in [-0.3, -0.25) is 4.79 Å². The van der Waals surface area contributed by atoms with Gasteiger partial charge in [-0.2, -0.15) is 0 Å². The van der Waals surface area contributed by atoms with Gasteiger partial charge >= 0.3 is 0 Å². The zero-order valence-corrected chi connectivity index (χ0v) is 12.6. The maximum Gasteiger partial charge on any atom is 0.225 e. The molecule has 1 N–H and O–H groups in total. The molecule has 2 aromatic carbocycles. The van der Waals surface area contributed by atoms with Crippen molar-refractivity contribution in [3.63, 3.8) is 0 Å². The van der Waals surface area contributed by atoms with Crippen molar-refractivity contribution in [2.45, 2.75) is 31.6 Å². The van der Waals surface area contributed by atoms with Gasteiger partial charge in [0.25, 0.3) is 0 Å². The van der Waals surface area contributed by atoms with Crippen molar-refractivity contribution in [2.24, 2.45) is 0 Å². The lowest BCUT2D eigenvalue weighted by molar-refractivity contribution is -0.116. The summed E-state index contributed by atoms with van der Waals surface area (Å²) >= 11 is 0. The number of hydrogen-bond donors (Lipinski definition) is 1. The summed E-state index contributed by atoms with van der Waals surface area (Å²) in [7, 11) is 0. The first-order chi connectivity index (χ1) is 10.7. The lowest BCUT2D eigenvalue weighted by Crippen LogP contribution is -2.24. The molecule has 22 heavy (non-hydrogen) atoms. The number of rotatable bonds is 2. The first-order valence-electron chi connectivity index (χ1n) is 7.92. The van der Waals surface area contributed by atoms with Gasteiger partial charge in [0.1, 0.15) is 0 Å². The van der Waals surface area contributed by atoms with Gasteiger partial charge < -0.3 is 5.32 Å². The van der Waals surface area contributed by atoms with Crippen LogP contribution in [0.25, 0.3) is 6.08 Å². The van der Waals surface area contributed by atoms with Crippen molar-refractivity contribution in [2.75, 3.05) is 5.32 Å². The standard InChI is InChI=1S/C20H19NO/c1-2-13-5-3-8-16(9-13)17-12-20(22)21-19-11-15-7-4-6-14(15)10-18(17)19/h2-3,5,8-11,17H,1,4,6-7,12H2,(H,21,22). The van der Waals surface area contributed by atoms with E-state index in [2.05, 4.69) is 36.2 Å². The molecule has 0 saturated carbocycles. The zero-order valence-electron chi connectivity index (χ0n) is 12.6. The molecule has 0 spiro atoms. The van der Waals surface area contributed by atoms with Crippen molar-refractivity contribution in [1.82, 2.24) is 0 Å². The molecule has 2 nitrogen and oxygen atoms in total. The fourth-order valence-electron chi connectivity index (χ4n) is 3.74. The molecule has 2 heteroatoms. The average Bonchev–Trinajstić information content (AvgIpc) is 2.99. The topological polar surface area (TPSA) is 29.1 Å². The first kappa shape index (κ1) is 13.3. The summed E-state index contributed by atoms with van der Waals surface area (Å²) < 4.78 is 0. The van der Waals surface area contributed by atoms with Crippen LogP contribution in [0.5, 0.6) is 0 Å². The number of carbonyl (C=O) groups is 1. The minimum Gasteiger partial charge on any atom is -0.326 e. The van der Waals surface area contributed by atoms with Crippen molar-refractivity contribution in [3.05, 3.63) is 70.8 Å². The summed E-state index contributed by atoms with van der Waals surface area (Å²) in [5, 5.41) is 3.06. The number of aryl methyl sites for hydroxylation is 2. The number of carbonyl (C=O) groups excluding carboxylic acids is 1. The van der Waals surface area contributed by atoms with Gasteiger partial charge in [-0.05, 0) is 53.1 Å². The molecule has 1 aliphatic carbocycles. The minimum absolute atomic E-state index is 0.111. The third-order valence-electron chi connectivity index (χ3n) is 4.85. The van der Waals surface area contributed by atoms with Crippen LogP contribution in [0.4, 0.5) is 5.69 Å². The van der Waals surface area contributed by atoms with Gasteiger partial charge in [0.2, 0.25) is 5.91 Å². The zero-order chi connectivity index (χ0) is 15.1. The Morgan fingerprint density at radius 3 is 2.77 bits per heavy atom. The van der Waals surface area contributed by atoms with Gasteiger partial charge in [-0.15, -0.1) is 0 Å². The van der Waals surface area contributed by atoms with Crippen LogP contribution in [0.1, 0.15) is 46.6 Å². The van der Waals surface area contributed by atoms with Crippen LogP contribution >= 0.6 is 0 Å². The molecule has 110 valence electrons. The van der Waals surface area contributed by atoms with Crippen molar-refractivity contribution in [3.8, 4) is 0 Å². The Morgan fingerprint density at radius 1 is 1.14 bits per heavy atom. The number of benzene rings is 2. The van der Waals surface area contributed by atoms with E-state index in [1.807, 2.05) is 18.2 Å². The van der Waals surface area contributed by atoms with Crippen LogP contribution in [-0.2, 0) is 17.6 Å². The van der Waals surface area contributed by atoms with Crippen LogP contribution in [0.15, 0.2) is 43.0 Å². The van der Waals surface area contributed by atoms with Gasteiger partial charge in [0, 0.05) is 18.0 Å². The molecular formula is C20H19NO. The van der Waals surface area contributed by atoms with E-state index in [1.165, 1.54) is 28.7 Å². The molecule has 1 unspecified atom stereocenters. The lowest BCUT2D eigenvalue weighted by Gasteiger charge is -2.27. The monoisotopic (exact) mass is 289 g/mol. The molecule has 0 radical (unpaired) electrons. The number of fused-ring (bicyclic) bond motifs is 2. The van der Waals surface area contributed by atoms with Crippen molar-refractivity contribution < 1.29 is 4.79 Å². The molecule has 0 bridgehead atoms. The predicted octanol–water partition coefficient (Wildman–Crippen LogP) is 4.29. The van der Waals surface area contributed by atoms with Crippen molar-refractivity contribution in [1.29, 1.82) is 0 Å². The van der Waals surface area contributed by atoms with E-state index >= 15 is 0 Å². The fourth-order valence-corrected chi connectivity index (χ4v) is 3.74. The van der Waals surface area contributed by atoms with E-state index in [1.54, 1.807) is 0 Å². The van der Waals surface area contributed by atoms with Crippen LogP contribution in [0, 0.1) is 0 Å². The second-order valence-corrected chi connectivity index (χ2v) is 6.24. The van der Waals surface area contributed by atoms with E-state index in [4.69, 9.17) is 0 Å². The third kappa shape index (κ3) is 2.16. The fraction of sp³-hybridized carbons (Fsp3) is 0.250. The van der Waals surface area contributed by atoms with Crippen LogP contribution in [0.3, 0.4) is 0 Å². The number of amides is 1. The Kier molecular flexibility index (Phi) is 3.11. The van der Waals surface area contributed by atoms with Gasteiger partial charge in [0.15, 0.2) is 0 Å². The van der Waals surface area contributed by atoms with E-state index in [0.29, 0.717) is 6.42 Å². The smallest absolute Gasteiger partial charge is 0.225 e. The third-order valence-corrected chi connectivity index (χ3v) is 4.85. The molecule has 0 aromatic heterocycles. The lowest BCUT2D eigenvalue weighted by atomic mass is 9.83. The summed E-state index contributed by atoms with van der Waals surface area (Å²) in [6, 6.07) is 12.9. The number of hydrogen-bond acceptors (Lipinski definition) is 1. The first-order valence-corrected chi connectivity index (χ1v) is 7.92. The second-order valence-electron chi connectivity index (χ2n) is 6.24. The number of anilines is 1. The number of nitrogens with one attached hydrogen (secondary N) is 1. The highest BCUT2D eigenvalue weighted by atomic mass is 16.1. The van der Waals surface area contributed by atoms with Crippen molar-refractivity contribution >= 4 is 17.7 Å². The average molecular weight is 289 g/mol. The molecule has 0 saturated heterocycles. The largest absolute Gasteiger partial charge is 0.326 e. The summed E-state index contributed by atoms with van der Waals surface area (Å²) in [6.07, 6.45) is 5.90. The molecule has 1 aliphatic heterocycles. The minimum atomic E-state index is 0.111. The van der Waals surface area contributed by atoms with Crippen LogP contribution in [-0.4, -0.2) is 5.91 Å². The second kappa shape index (κ2) is 5.13. The van der Waals surface area contributed by atoms with Gasteiger partial charge in [0.05, 0.1) is 0 Å². The Bertz CT molecular complexity index is 775. The molecule has 2 aromatic rings. The molecule has 1 amide bonds. The normalized spacial score (nSPS) is 19.3. The summed E-state index contributed by atoms with van der Waals surface area (Å²) in [6.45, 7) is 3.84. The van der Waals surface area contributed by atoms with E-state index in [-0.39, 0.29) is 11.8 Å². The van der Waals surface area contributed by atoms with E-state index in [9.17, 15) is 4.79 Å². The Labute approximate surface area is 130 Å². The summed E-state index contributed by atoms with van der Waals surface area (Å²) in [4.78, 5) is 12.1. The van der Waals surface area contributed by atoms with Crippen LogP contribution in [0.2, 0.25) is 0 Å². The molecular weight excluding hydrogens is 270 g/mol. The highest BCUT2D eigenvalue weighted by molar-refractivity contribution is 5.95. The SMILES string of the molecule is C=Cc1cccc(C2CC(=O)Nc3cc4c(cc32)CCC4)c1. The van der Waals surface area contributed by atoms with E-state index < -0.39 is 0 Å². The Balaban J connectivity index is 1.84. The van der Waals surface area contributed by atoms with E-state index in [0.717, 1.165) is 24.1 Å². The molecule has 1 heterocycles. The highest BCUT2D eigenvalue weighted by Gasteiger charge is 2.28. The quantitative estimate of drug-likeness (QED) is 0.877.